The van der Waals surface area contributed by atoms with Gasteiger partial charge in [0.25, 0.3) is 0 Å². The Morgan fingerprint density at radius 3 is 2.33 bits per heavy atom. The van der Waals surface area contributed by atoms with Crippen LogP contribution >= 0.6 is 0 Å². The second-order valence-corrected chi connectivity index (χ2v) is 6.90. The van der Waals surface area contributed by atoms with Crippen LogP contribution in [0.1, 0.15) is 65.7 Å². The average molecular weight is 378 g/mol. The van der Waals surface area contributed by atoms with Crippen LogP contribution in [-0.4, -0.2) is 59.5 Å². The molecule has 1 aliphatic carbocycles. The van der Waals surface area contributed by atoms with Crippen molar-refractivity contribution in [2.45, 2.75) is 66.1 Å². The third kappa shape index (κ3) is 4.08. The molecule has 1 heterocycles. The number of nitrogens with zero attached hydrogens (tertiary/aromatic N) is 2. The van der Waals surface area contributed by atoms with Crippen molar-refractivity contribution >= 4 is 17.7 Å². The van der Waals surface area contributed by atoms with E-state index in [0.29, 0.717) is 23.4 Å². The quantitative estimate of drug-likeness (QED) is 0.487. The highest BCUT2D eigenvalue weighted by atomic mass is 16.5. The van der Waals surface area contributed by atoms with Gasteiger partial charge in [0.2, 0.25) is 5.91 Å². The van der Waals surface area contributed by atoms with Crippen molar-refractivity contribution in [3.05, 3.63) is 22.5 Å². The molecule has 1 saturated carbocycles. The van der Waals surface area contributed by atoms with Crippen molar-refractivity contribution in [3.63, 3.8) is 0 Å². The highest BCUT2D eigenvalue weighted by Gasteiger charge is 2.40. The Morgan fingerprint density at radius 1 is 1.22 bits per heavy atom. The topological polar surface area (TPSA) is 77.8 Å². The van der Waals surface area contributed by atoms with Gasteiger partial charge in [-0.25, -0.2) is 4.79 Å². The lowest BCUT2D eigenvalue weighted by atomic mass is 9.99. The summed E-state index contributed by atoms with van der Waals surface area (Å²) in [4.78, 5) is 39.8. The minimum atomic E-state index is -0.611. The van der Waals surface area contributed by atoms with Crippen molar-refractivity contribution < 1.29 is 23.9 Å². The van der Waals surface area contributed by atoms with E-state index in [-0.39, 0.29) is 30.9 Å². The number of aromatic nitrogens is 1. The van der Waals surface area contributed by atoms with Crippen LogP contribution in [0.25, 0.3) is 0 Å². The Balaban J connectivity index is 2.42. The van der Waals surface area contributed by atoms with Gasteiger partial charge in [0.05, 0.1) is 12.6 Å². The van der Waals surface area contributed by atoms with Gasteiger partial charge < -0.3 is 18.9 Å². The molecule has 1 aromatic heterocycles. The third-order valence-corrected chi connectivity index (χ3v) is 5.09. The number of ether oxygens (including phenoxy) is 2. The van der Waals surface area contributed by atoms with Gasteiger partial charge in [-0.1, -0.05) is 0 Å². The van der Waals surface area contributed by atoms with E-state index in [4.69, 9.17) is 9.47 Å². The summed E-state index contributed by atoms with van der Waals surface area (Å²) in [6.07, 6.45) is 1.80. The van der Waals surface area contributed by atoms with Crippen LogP contribution < -0.4 is 0 Å². The Hall–Kier alpha value is -2.15. The first kappa shape index (κ1) is 21.2. The van der Waals surface area contributed by atoms with E-state index in [1.54, 1.807) is 25.7 Å². The summed E-state index contributed by atoms with van der Waals surface area (Å²) in [5.74, 6) is -0.767. The molecule has 0 bridgehead atoms. The lowest BCUT2D eigenvalue weighted by Gasteiger charge is -2.28. The number of esters is 1. The van der Waals surface area contributed by atoms with Crippen LogP contribution in [0.4, 0.5) is 0 Å². The zero-order chi connectivity index (χ0) is 20.3. The first-order valence-electron chi connectivity index (χ1n) is 9.51. The smallest absolute Gasteiger partial charge is 0.355 e. The second-order valence-electron chi connectivity index (χ2n) is 6.90. The van der Waals surface area contributed by atoms with E-state index >= 15 is 0 Å². The second kappa shape index (κ2) is 8.69. The lowest BCUT2D eigenvalue weighted by molar-refractivity contribution is -0.137. The van der Waals surface area contributed by atoms with E-state index in [0.717, 1.165) is 18.5 Å². The summed E-state index contributed by atoms with van der Waals surface area (Å²) >= 11 is 0. The number of amides is 1. The summed E-state index contributed by atoms with van der Waals surface area (Å²) in [5.41, 5.74) is 2.25. The highest BCUT2D eigenvalue weighted by Crippen LogP contribution is 2.32. The van der Waals surface area contributed by atoms with Gasteiger partial charge in [0.1, 0.15) is 12.3 Å². The van der Waals surface area contributed by atoms with E-state index in [2.05, 4.69) is 0 Å². The molecule has 0 spiro atoms. The van der Waals surface area contributed by atoms with Gasteiger partial charge >= 0.3 is 5.97 Å². The maximum absolute atomic E-state index is 13.3. The molecule has 1 amide bonds. The van der Waals surface area contributed by atoms with E-state index in [1.165, 1.54) is 7.11 Å². The van der Waals surface area contributed by atoms with E-state index in [9.17, 15) is 14.4 Å². The molecule has 150 valence electrons. The monoisotopic (exact) mass is 378 g/mol. The number of ketones is 1. The lowest BCUT2D eigenvalue weighted by Crippen LogP contribution is -2.46. The largest absolute Gasteiger partial charge is 0.461 e. The minimum absolute atomic E-state index is 0.0455. The first-order valence-corrected chi connectivity index (χ1v) is 9.51. The van der Waals surface area contributed by atoms with Crippen molar-refractivity contribution in [2.75, 3.05) is 20.3 Å². The minimum Gasteiger partial charge on any atom is -0.461 e. The van der Waals surface area contributed by atoms with E-state index in [1.807, 2.05) is 18.4 Å². The molecule has 0 aromatic carbocycles. The van der Waals surface area contributed by atoms with Gasteiger partial charge in [-0.15, -0.1) is 0 Å². The van der Waals surface area contributed by atoms with Crippen molar-refractivity contribution in [2.24, 2.45) is 0 Å². The number of Topliss-reactive ketones (excluding diaryl/α,β-unsaturated/α-hetero) is 1. The van der Waals surface area contributed by atoms with Crippen LogP contribution in [0.15, 0.2) is 0 Å². The fourth-order valence-corrected chi connectivity index (χ4v) is 3.74. The van der Waals surface area contributed by atoms with Crippen LogP contribution in [0.3, 0.4) is 0 Å². The van der Waals surface area contributed by atoms with Crippen LogP contribution in [-0.2, 0) is 20.8 Å². The third-order valence-electron chi connectivity index (χ3n) is 5.09. The number of methoxy groups -OCH3 is 1. The summed E-state index contributed by atoms with van der Waals surface area (Å²) in [7, 11) is 1.47. The molecule has 0 aliphatic heterocycles. The standard InChI is InChI=1S/C20H30N2O5/c1-7-21-13(4)17(12(3)18(21)20(25)27-8-2)19(24)14(5)22(15-9-10-15)16(23)11-26-6/h14-15H,7-11H2,1-6H3. The van der Waals surface area contributed by atoms with Gasteiger partial charge in [-0.3, -0.25) is 9.59 Å². The molecular formula is C20H30N2O5. The Bertz CT molecular complexity index is 733. The zero-order valence-electron chi connectivity index (χ0n) is 17.1. The molecule has 1 atom stereocenters. The zero-order valence-corrected chi connectivity index (χ0v) is 17.1. The Labute approximate surface area is 160 Å². The molecule has 1 aliphatic rings. The number of hydrogen-bond donors (Lipinski definition) is 0. The van der Waals surface area contributed by atoms with Crippen LogP contribution in [0.5, 0.6) is 0 Å². The number of hydrogen-bond acceptors (Lipinski definition) is 5. The molecule has 0 radical (unpaired) electrons. The Kier molecular flexibility index (Phi) is 6.81. The molecule has 7 heteroatoms. The molecule has 1 aromatic rings. The van der Waals surface area contributed by atoms with Gasteiger partial charge in [-0.05, 0) is 53.0 Å². The predicted molar refractivity (Wildman–Crippen MR) is 101 cm³/mol. The first-order chi connectivity index (χ1) is 12.8. The number of rotatable bonds is 9. The Morgan fingerprint density at radius 2 is 1.85 bits per heavy atom. The number of carbonyl (C=O) groups is 3. The summed E-state index contributed by atoms with van der Waals surface area (Å²) in [6.45, 7) is 9.80. The fraction of sp³-hybridized carbons (Fsp3) is 0.650. The molecule has 27 heavy (non-hydrogen) atoms. The fourth-order valence-electron chi connectivity index (χ4n) is 3.74. The molecular weight excluding hydrogens is 348 g/mol. The molecule has 2 rings (SSSR count). The van der Waals surface area contributed by atoms with Gasteiger partial charge in [-0.2, -0.15) is 0 Å². The highest BCUT2D eigenvalue weighted by molar-refractivity contribution is 6.06. The van der Waals surface area contributed by atoms with E-state index < -0.39 is 12.0 Å². The van der Waals surface area contributed by atoms with Crippen LogP contribution in [0, 0.1) is 13.8 Å². The average Bonchev–Trinajstić information content (AvgIpc) is 3.40. The molecule has 1 unspecified atom stereocenters. The maximum Gasteiger partial charge on any atom is 0.355 e. The van der Waals surface area contributed by atoms with Crippen molar-refractivity contribution in [1.29, 1.82) is 0 Å². The normalized spacial score (nSPS) is 14.7. The summed E-state index contributed by atoms with van der Waals surface area (Å²) in [6, 6.07) is -0.523. The predicted octanol–water partition coefficient (Wildman–Crippen LogP) is 2.51. The summed E-state index contributed by atoms with van der Waals surface area (Å²) < 4.78 is 12.0. The van der Waals surface area contributed by atoms with Gasteiger partial charge in [0.15, 0.2) is 5.78 Å². The maximum atomic E-state index is 13.3. The summed E-state index contributed by atoms with van der Waals surface area (Å²) in [5, 5.41) is 0. The molecule has 1 fully saturated rings. The molecule has 0 N–H and O–H groups in total. The molecule has 0 saturated heterocycles. The molecule has 7 nitrogen and oxygen atoms in total. The van der Waals surface area contributed by atoms with Gasteiger partial charge in [0, 0.05) is 31.0 Å². The van der Waals surface area contributed by atoms with Crippen molar-refractivity contribution in [1.82, 2.24) is 9.47 Å². The SMILES string of the molecule is CCOC(=O)c1c(C)c(C(=O)C(C)N(C(=O)COC)C2CC2)c(C)n1CC. The van der Waals surface area contributed by atoms with Crippen LogP contribution in [0.2, 0.25) is 0 Å². The number of carbonyl (C=O) groups excluding carboxylic acids is 3. The van der Waals surface area contributed by atoms with Crippen molar-refractivity contribution in [3.8, 4) is 0 Å².